The third kappa shape index (κ3) is 4.16. The molecule has 28 heavy (non-hydrogen) atoms. The van der Waals surface area contributed by atoms with Crippen LogP contribution in [0, 0.1) is 5.82 Å². The normalized spacial score (nSPS) is 15.8. The van der Waals surface area contributed by atoms with Gasteiger partial charge in [-0.25, -0.2) is 9.18 Å². The van der Waals surface area contributed by atoms with Gasteiger partial charge in [-0.3, -0.25) is 4.79 Å². The number of carbonyl (C=O) groups is 2. The first-order valence-corrected chi connectivity index (χ1v) is 8.88. The van der Waals surface area contributed by atoms with Crippen LogP contribution in [0.5, 0.6) is 11.5 Å². The van der Waals surface area contributed by atoms with Crippen molar-refractivity contribution in [1.29, 1.82) is 0 Å². The molecular weight excluding hydrogens is 365 g/mol. The van der Waals surface area contributed by atoms with Gasteiger partial charge in [0, 0.05) is 12.2 Å². The fourth-order valence-electron chi connectivity index (χ4n) is 3.19. The molecule has 0 saturated carbocycles. The largest absolute Gasteiger partial charge is 0.494 e. The van der Waals surface area contributed by atoms with Crippen molar-refractivity contribution >= 4 is 23.3 Å². The molecule has 3 rings (SSSR count). The maximum Gasteiger partial charge on any atom is 0.322 e. The van der Waals surface area contributed by atoms with Crippen LogP contribution in [0.3, 0.4) is 0 Å². The highest BCUT2D eigenvalue weighted by Gasteiger charge is 2.35. The van der Waals surface area contributed by atoms with Gasteiger partial charge in [-0.2, -0.15) is 0 Å². The van der Waals surface area contributed by atoms with E-state index in [2.05, 4.69) is 10.6 Å². The predicted octanol–water partition coefficient (Wildman–Crippen LogP) is 3.48. The van der Waals surface area contributed by atoms with E-state index in [1.54, 1.807) is 18.2 Å². The highest BCUT2D eigenvalue weighted by atomic mass is 19.1. The first-order chi connectivity index (χ1) is 13.5. The molecule has 0 aromatic heterocycles. The molecule has 1 atom stereocenters. The zero-order chi connectivity index (χ0) is 20.1. The molecule has 7 nitrogen and oxygen atoms in total. The number of amides is 3. The number of benzene rings is 2. The average molecular weight is 387 g/mol. The minimum absolute atomic E-state index is 0.324. The molecule has 0 aliphatic carbocycles. The van der Waals surface area contributed by atoms with E-state index in [0.717, 1.165) is 0 Å². The predicted molar refractivity (Wildman–Crippen MR) is 103 cm³/mol. The topological polar surface area (TPSA) is 79.9 Å². The van der Waals surface area contributed by atoms with Gasteiger partial charge < -0.3 is 25.0 Å². The Balaban J connectivity index is 1.73. The van der Waals surface area contributed by atoms with Crippen LogP contribution in [-0.2, 0) is 4.79 Å². The molecule has 1 aliphatic rings. The highest BCUT2D eigenvalue weighted by molar-refractivity contribution is 6.01. The van der Waals surface area contributed by atoms with Crippen molar-refractivity contribution in [2.24, 2.45) is 0 Å². The van der Waals surface area contributed by atoms with E-state index in [0.29, 0.717) is 42.3 Å². The summed E-state index contributed by atoms with van der Waals surface area (Å²) in [5, 5.41) is 5.51. The number of rotatable bonds is 5. The van der Waals surface area contributed by atoms with Gasteiger partial charge in [0.15, 0.2) is 0 Å². The van der Waals surface area contributed by atoms with E-state index >= 15 is 0 Å². The number of nitrogens with zero attached hydrogens (tertiary/aromatic N) is 1. The molecule has 0 spiro atoms. The van der Waals surface area contributed by atoms with Gasteiger partial charge in [0.2, 0.25) is 5.91 Å². The first kappa shape index (κ1) is 19.5. The van der Waals surface area contributed by atoms with Crippen molar-refractivity contribution < 1.29 is 23.5 Å². The standard InChI is InChI=1S/C20H22FN3O4/c1-27-16-6-3-7-17(28-2)18(16)23-19(25)15-5-4-12-24(15)20(26)22-14-10-8-13(21)9-11-14/h3,6-11,15H,4-5,12H2,1-2H3,(H,22,26)(H,23,25)/t15-/m1/s1. The number of carbonyl (C=O) groups excluding carboxylic acids is 2. The molecule has 2 N–H and O–H groups in total. The average Bonchev–Trinajstić information content (AvgIpc) is 3.20. The second kappa shape index (κ2) is 8.60. The Bertz CT molecular complexity index is 835. The molecule has 1 aliphatic heterocycles. The highest BCUT2D eigenvalue weighted by Crippen LogP contribution is 2.35. The van der Waals surface area contributed by atoms with Crippen molar-refractivity contribution in [3.8, 4) is 11.5 Å². The van der Waals surface area contributed by atoms with Crippen molar-refractivity contribution in [1.82, 2.24) is 4.90 Å². The lowest BCUT2D eigenvalue weighted by Gasteiger charge is -2.25. The van der Waals surface area contributed by atoms with Crippen LogP contribution >= 0.6 is 0 Å². The summed E-state index contributed by atoms with van der Waals surface area (Å²) in [5.74, 6) is 0.220. The molecule has 0 radical (unpaired) electrons. The summed E-state index contributed by atoms with van der Waals surface area (Å²) in [4.78, 5) is 26.9. The van der Waals surface area contributed by atoms with Gasteiger partial charge in [-0.15, -0.1) is 0 Å². The molecule has 2 aromatic carbocycles. The Hall–Kier alpha value is -3.29. The Morgan fingerprint density at radius 3 is 2.29 bits per heavy atom. The number of hydrogen-bond donors (Lipinski definition) is 2. The Kier molecular flexibility index (Phi) is 5.98. The molecule has 1 heterocycles. The lowest BCUT2D eigenvalue weighted by atomic mass is 10.2. The van der Waals surface area contributed by atoms with Crippen LogP contribution in [0.15, 0.2) is 42.5 Å². The van der Waals surface area contributed by atoms with Gasteiger partial charge in [0.05, 0.1) is 14.2 Å². The van der Waals surface area contributed by atoms with Crippen molar-refractivity contribution in [3.63, 3.8) is 0 Å². The molecular formula is C20H22FN3O4. The molecule has 8 heteroatoms. The molecule has 2 aromatic rings. The summed E-state index contributed by atoms with van der Waals surface area (Å²) in [5.41, 5.74) is 0.882. The zero-order valence-electron chi connectivity index (χ0n) is 15.7. The summed E-state index contributed by atoms with van der Waals surface area (Å²) in [7, 11) is 3.00. The summed E-state index contributed by atoms with van der Waals surface area (Å²) >= 11 is 0. The van der Waals surface area contributed by atoms with Crippen LogP contribution < -0.4 is 20.1 Å². The van der Waals surface area contributed by atoms with Crippen LogP contribution in [0.4, 0.5) is 20.6 Å². The van der Waals surface area contributed by atoms with Crippen molar-refractivity contribution in [2.45, 2.75) is 18.9 Å². The number of para-hydroxylation sites is 1. The van der Waals surface area contributed by atoms with Crippen LogP contribution in [0.1, 0.15) is 12.8 Å². The number of likely N-dealkylation sites (tertiary alicyclic amines) is 1. The number of halogens is 1. The van der Waals surface area contributed by atoms with Crippen LogP contribution in [0.25, 0.3) is 0 Å². The van der Waals surface area contributed by atoms with E-state index in [1.807, 2.05) is 0 Å². The Morgan fingerprint density at radius 1 is 1.04 bits per heavy atom. The number of methoxy groups -OCH3 is 2. The Morgan fingerprint density at radius 2 is 1.68 bits per heavy atom. The smallest absolute Gasteiger partial charge is 0.322 e. The number of urea groups is 1. The third-order valence-corrected chi connectivity index (χ3v) is 4.59. The third-order valence-electron chi connectivity index (χ3n) is 4.59. The number of hydrogen-bond acceptors (Lipinski definition) is 4. The first-order valence-electron chi connectivity index (χ1n) is 8.88. The van der Waals surface area contributed by atoms with E-state index in [9.17, 15) is 14.0 Å². The number of nitrogens with one attached hydrogen (secondary N) is 2. The molecule has 1 saturated heterocycles. The molecule has 0 unspecified atom stereocenters. The zero-order valence-corrected chi connectivity index (χ0v) is 15.7. The van der Waals surface area contributed by atoms with Gasteiger partial charge >= 0.3 is 6.03 Å². The van der Waals surface area contributed by atoms with E-state index in [4.69, 9.17) is 9.47 Å². The van der Waals surface area contributed by atoms with Crippen LogP contribution in [0.2, 0.25) is 0 Å². The molecule has 1 fully saturated rings. The summed E-state index contributed by atoms with van der Waals surface area (Å²) in [6, 6.07) is 9.61. The fraction of sp³-hybridized carbons (Fsp3) is 0.300. The summed E-state index contributed by atoms with van der Waals surface area (Å²) in [6.07, 6.45) is 1.25. The lowest BCUT2D eigenvalue weighted by Crippen LogP contribution is -2.45. The van der Waals surface area contributed by atoms with E-state index in [-0.39, 0.29) is 11.7 Å². The minimum Gasteiger partial charge on any atom is -0.494 e. The monoisotopic (exact) mass is 387 g/mol. The Labute approximate surface area is 162 Å². The number of ether oxygens (including phenoxy) is 2. The SMILES string of the molecule is COc1cccc(OC)c1NC(=O)[C@H]1CCCN1C(=O)Nc1ccc(F)cc1. The van der Waals surface area contributed by atoms with E-state index < -0.39 is 12.1 Å². The fourth-order valence-corrected chi connectivity index (χ4v) is 3.19. The maximum atomic E-state index is 13.0. The maximum absolute atomic E-state index is 13.0. The van der Waals surface area contributed by atoms with Gasteiger partial charge in [0.1, 0.15) is 29.0 Å². The lowest BCUT2D eigenvalue weighted by molar-refractivity contribution is -0.119. The summed E-state index contributed by atoms with van der Waals surface area (Å²) in [6.45, 7) is 0.453. The second-order valence-corrected chi connectivity index (χ2v) is 6.32. The molecule has 148 valence electrons. The number of anilines is 2. The second-order valence-electron chi connectivity index (χ2n) is 6.32. The minimum atomic E-state index is -0.630. The quantitative estimate of drug-likeness (QED) is 0.823. The molecule has 3 amide bonds. The van der Waals surface area contributed by atoms with Gasteiger partial charge in [-0.1, -0.05) is 6.07 Å². The van der Waals surface area contributed by atoms with Crippen molar-refractivity contribution in [2.75, 3.05) is 31.4 Å². The van der Waals surface area contributed by atoms with Crippen LogP contribution in [-0.4, -0.2) is 43.6 Å². The van der Waals surface area contributed by atoms with Crippen molar-refractivity contribution in [3.05, 3.63) is 48.3 Å². The van der Waals surface area contributed by atoms with E-state index in [1.165, 1.54) is 43.4 Å². The molecule has 0 bridgehead atoms. The summed E-state index contributed by atoms with van der Waals surface area (Å²) < 4.78 is 23.6. The van der Waals surface area contributed by atoms with Gasteiger partial charge in [0.25, 0.3) is 0 Å². The van der Waals surface area contributed by atoms with Gasteiger partial charge in [-0.05, 0) is 49.2 Å².